The number of amides is 1. The molecular formula is C19H22N2O2. The van der Waals surface area contributed by atoms with E-state index in [1.807, 2.05) is 36.4 Å². The van der Waals surface area contributed by atoms with Crippen molar-refractivity contribution in [3.63, 3.8) is 0 Å². The van der Waals surface area contributed by atoms with Crippen LogP contribution in [0.5, 0.6) is 0 Å². The number of nitrogens with zero attached hydrogens (tertiary/aromatic N) is 1. The number of hydrogen-bond acceptors (Lipinski definition) is 3. The topological polar surface area (TPSA) is 62.2 Å². The highest BCUT2D eigenvalue weighted by Gasteiger charge is 2.29. The van der Waals surface area contributed by atoms with E-state index in [0.717, 1.165) is 42.3 Å². The van der Waals surface area contributed by atoms with Crippen LogP contribution < -0.4 is 5.32 Å². The van der Waals surface area contributed by atoms with Gasteiger partial charge in [-0.05, 0) is 31.1 Å². The number of aliphatic hydroxyl groups is 1. The Bertz CT molecular complexity index is 718. The average Bonchev–Trinajstić information content (AvgIpc) is 2.59. The molecular weight excluding hydrogens is 288 g/mol. The molecule has 1 saturated carbocycles. The van der Waals surface area contributed by atoms with Crippen LogP contribution in [0.15, 0.2) is 42.5 Å². The van der Waals surface area contributed by atoms with Gasteiger partial charge in [0.25, 0.3) is 0 Å². The smallest absolute Gasteiger partial charge is 0.244 e. The summed E-state index contributed by atoms with van der Waals surface area (Å²) in [6.45, 7) is 0.321. The van der Waals surface area contributed by atoms with Gasteiger partial charge in [-0.2, -0.15) is 0 Å². The monoisotopic (exact) mass is 310 g/mol. The minimum atomic E-state index is -0.733. The fourth-order valence-corrected chi connectivity index (χ4v) is 3.03. The summed E-state index contributed by atoms with van der Waals surface area (Å²) in [6.07, 6.45) is 7.94. The van der Waals surface area contributed by atoms with Gasteiger partial charge in [0.1, 0.15) is 0 Å². The summed E-state index contributed by atoms with van der Waals surface area (Å²) in [6, 6.07) is 11.8. The number of benzene rings is 1. The number of para-hydroxylation sites is 1. The predicted molar refractivity (Wildman–Crippen MR) is 91.8 cm³/mol. The molecule has 0 radical (unpaired) electrons. The molecule has 0 bridgehead atoms. The molecule has 0 atom stereocenters. The van der Waals surface area contributed by atoms with Crippen LogP contribution in [0.1, 0.15) is 37.8 Å². The van der Waals surface area contributed by atoms with Crippen LogP contribution in [0.4, 0.5) is 0 Å². The number of nitrogens with one attached hydrogen (secondary N) is 1. The third kappa shape index (κ3) is 4.17. The first-order chi connectivity index (χ1) is 11.1. The van der Waals surface area contributed by atoms with Crippen molar-refractivity contribution >= 4 is 22.9 Å². The Morgan fingerprint density at radius 1 is 1.17 bits per heavy atom. The van der Waals surface area contributed by atoms with Crippen LogP contribution in [0.25, 0.3) is 17.0 Å². The van der Waals surface area contributed by atoms with E-state index < -0.39 is 5.60 Å². The van der Waals surface area contributed by atoms with E-state index >= 15 is 0 Å². The van der Waals surface area contributed by atoms with E-state index in [9.17, 15) is 9.90 Å². The van der Waals surface area contributed by atoms with E-state index in [1.54, 1.807) is 6.08 Å². The molecule has 0 unspecified atom stereocenters. The molecule has 23 heavy (non-hydrogen) atoms. The van der Waals surface area contributed by atoms with Crippen LogP contribution in [-0.4, -0.2) is 28.1 Å². The van der Waals surface area contributed by atoms with Gasteiger partial charge in [0.05, 0.1) is 16.8 Å². The Kier molecular flexibility index (Phi) is 4.72. The first kappa shape index (κ1) is 15.7. The van der Waals surface area contributed by atoms with E-state index in [-0.39, 0.29) is 5.91 Å². The SMILES string of the molecule is O=C(C=Cc1ccc2ccccc2n1)NCC1(O)CCCCC1. The lowest BCUT2D eigenvalue weighted by Crippen LogP contribution is -2.43. The van der Waals surface area contributed by atoms with E-state index in [1.165, 1.54) is 12.5 Å². The molecule has 120 valence electrons. The summed E-state index contributed by atoms with van der Waals surface area (Å²) in [7, 11) is 0. The molecule has 1 amide bonds. The molecule has 4 heteroatoms. The number of rotatable bonds is 4. The highest BCUT2D eigenvalue weighted by molar-refractivity contribution is 5.92. The van der Waals surface area contributed by atoms with Crippen molar-refractivity contribution < 1.29 is 9.90 Å². The summed E-state index contributed by atoms with van der Waals surface area (Å²) in [5.41, 5.74) is 0.921. The minimum absolute atomic E-state index is 0.195. The van der Waals surface area contributed by atoms with Crippen molar-refractivity contribution in [3.8, 4) is 0 Å². The normalized spacial score (nSPS) is 17.4. The molecule has 3 rings (SSSR count). The van der Waals surface area contributed by atoms with Crippen molar-refractivity contribution in [1.29, 1.82) is 0 Å². The quantitative estimate of drug-likeness (QED) is 0.853. The molecule has 1 heterocycles. The minimum Gasteiger partial charge on any atom is -0.388 e. The number of carbonyl (C=O) groups is 1. The van der Waals surface area contributed by atoms with E-state index in [4.69, 9.17) is 0 Å². The maximum Gasteiger partial charge on any atom is 0.244 e. The van der Waals surface area contributed by atoms with Crippen LogP contribution in [0.3, 0.4) is 0 Å². The second kappa shape index (κ2) is 6.92. The maximum atomic E-state index is 11.9. The third-order valence-electron chi connectivity index (χ3n) is 4.40. The van der Waals surface area contributed by atoms with Gasteiger partial charge in [0, 0.05) is 18.0 Å². The summed E-state index contributed by atoms with van der Waals surface area (Å²) in [5.74, 6) is -0.195. The molecule has 4 nitrogen and oxygen atoms in total. The molecule has 0 aliphatic heterocycles. The van der Waals surface area contributed by atoms with Gasteiger partial charge in [0.2, 0.25) is 5.91 Å². The maximum absolute atomic E-state index is 11.9. The average molecular weight is 310 g/mol. The Labute approximate surface area is 136 Å². The van der Waals surface area contributed by atoms with Crippen molar-refractivity contribution in [2.45, 2.75) is 37.7 Å². The molecule has 2 N–H and O–H groups in total. The van der Waals surface area contributed by atoms with Crippen molar-refractivity contribution in [2.75, 3.05) is 6.54 Å². The van der Waals surface area contributed by atoms with Crippen LogP contribution in [0.2, 0.25) is 0 Å². The summed E-state index contributed by atoms with van der Waals surface area (Å²) in [5, 5.41) is 14.2. The summed E-state index contributed by atoms with van der Waals surface area (Å²) < 4.78 is 0. The zero-order valence-corrected chi connectivity index (χ0v) is 13.2. The second-order valence-electron chi connectivity index (χ2n) is 6.26. The molecule has 1 aliphatic rings. The number of aromatic nitrogens is 1. The molecule has 1 aliphatic carbocycles. The molecule has 1 aromatic carbocycles. The lowest BCUT2D eigenvalue weighted by molar-refractivity contribution is -0.118. The Balaban J connectivity index is 1.58. The molecule has 1 fully saturated rings. The Hall–Kier alpha value is -2.20. The van der Waals surface area contributed by atoms with Crippen LogP contribution in [0, 0.1) is 0 Å². The number of fused-ring (bicyclic) bond motifs is 1. The fraction of sp³-hybridized carbons (Fsp3) is 0.368. The number of pyridine rings is 1. The first-order valence-electron chi connectivity index (χ1n) is 8.19. The number of hydrogen-bond donors (Lipinski definition) is 2. The Morgan fingerprint density at radius 2 is 1.96 bits per heavy atom. The summed E-state index contributed by atoms with van der Waals surface area (Å²) >= 11 is 0. The van der Waals surface area contributed by atoms with Gasteiger partial charge in [-0.25, -0.2) is 4.98 Å². The third-order valence-corrected chi connectivity index (χ3v) is 4.40. The highest BCUT2D eigenvalue weighted by atomic mass is 16.3. The summed E-state index contributed by atoms with van der Waals surface area (Å²) in [4.78, 5) is 16.4. The lowest BCUT2D eigenvalue weighted by Gasteiger charge is -2.31. The van der Waals surface area contributed by atoms with E-state index in [0.29, 0.717) is 6.54 Å². The largest absolute Gasteiger partial charge is 0.388 e. The lowest BCUT2D eigenvalue weighted by atomic mass is 9.85. The van der Waals surface area contributed by atoms with Gasteiger partial charge in [0.15, 0.2) is 0 Å². The van der Waals surface area contributed by atoms with E-state index in [2.05, 4.69) is 10.3 Å². The first-order valence-corrected chi connectivity index (χ1v) is 8.19. The van der Waals surface area contributed by atoms with Crippen molar-refractivity contribution in [1.82, 2.24) is 10.3 Å². The molecule has 2 aromatic rings. The van der Waals surface area contributed by atoms with Gasteiger partial charge in [-0.15, -0.1) is 0 Å². The van der Waals surface area contributed by atoms with Crippen molar-refractivity contribution in [2.24, 2.45) is 0 Å². The highest BCUT2D eigenvalue weighted by Crippen LogP contribution is 2.27. The van der Waals surface area contributed by atoms with Gasteiger partial charge >= 0.3 is 0 Å². The Morgan fingerprint density at radius 3 is 2.78 bits per heavy atom. The van der Waals surface area contributed by atoms with Gasteiger partial charge in [-0.3, -0.25) is 4.79 Å². The number of carbonyl (C=O) groups excluding carboxylic acids is 1. The molecule has 0 spiro atoms. The van der Waals surface area contributed by atoms with Gasteiger partial charge in [-0.1, -0.05) is 43.5 Å². The van der Waals surface area contributed by atoms with Crippen LogP contribution >= 0.6 is 0 Å². The zero-order valence-electron chi connectivity index (χ0n) is 13.2. The van der Waals surface area contributed by atoms with Crippen LogP contribution in [-0.2, 0) is 4.79 Å². The van der Waals surface area contributed by atoms with Crippen molar-refractivity contribution in [3.05, 3.63) is 48.2 Å². The predicted octanol–water partition coefficient (Wildman–Crippen LogP) is 3.06. The second-order valence-corrected chi connectivity index (χ2v) is 6.26. The zero-order chi connectivity index (χ0) is 16.1. The standard InChI is InChI=1S/C19H22N2O2/c22-18(20-14-19(23)12-4-1-5-13-19)11-10-16-9-8-15-6-2-3-7-17(15)21-16/h2-3,6-11,23H,1,4-5,12-14H2,(H,20,22). The molecule has 0 saturated heterocycles. The molecule has 1 aromatic heterocycles. The van der Waals surface area contributed by atoms with Gasteiger partial charge < -0.3 is 10.4 Å². The fourth-order valence-electron chi connectivity index (χ4n) is 3.03.